The molecular formula is C13H15Br2N3. The molecule has 0 saturated carbocycles. The van der Waals surface area contributed by atoms with Crippen molar-refractivity contribution in [2.45, 2.75) is 25.9 Å². The van der Waals surface area contributed by atoms with Gasteiger partial charge in [-0.3, -0.25) is 4.68 Å². The van der Waals surface area contributed by atoms with Gasteiger partial charge < -0.3 is 5.73 Å². The number of halogens is 2. The Morgan fingerprint density at radius 3 is 2.56 bits per heavy atom. The molecule has 3 nitrogen and oxygen atoms in total. The van der Waals surface area contributed by atoms with Crippen LogP contribution in [0.2, 0.25) is 0 Å². The van der Waals surface area contributed by atoms with Gasteiger partial charge in [-0.25, -0.2) is 0 Å². The summed E-state index contributed by atoms with van der Waals surface area (Å²) >= 11 is 6.97. The molecule has 96 valence electrons. The summed E-state index contributed by atoms with van der Waals surface area (Å²) in [6.45, 7) is 3.03. The van der Waals surface area contributed by atoms with Crippen molar-refractivity contribution >= 4 is 31.9 Å². The lowest BCUT2D eigenvalue weighted by molar-refractivity contribution is 0.559. The minimum Gasteiger partial charge on any atom is -0.319 e. The van der Waals surface area contributed by atoms with Crippen molar-refractivity contribution in [1.82, 2.24) is 9.78 Å². The third kappa shape index (κ3) is 3.02. The second kappa shape index (κ2) is 5.99. The van der Waals surface area contributed by atoms with Gasteiger partial charge in [-0.05, 0) is 36.2 Å². The van der Waals surface area contributed by atoms with E-state index in [9.17, 15) is 0 Å². The van der Waals surface area contributed by atoms with Gasteiger partial charge in [-0.2, -0.15) is 5.10 Å². The van der Waals surface area contributed by atoms with Crippen LogP contribution in [0.3, 0.4) is 0 Å². The third-order valence-electron chi connectivity index (χ3n) is 2.75. The fourth-order valence-corrected chi connectivity index (χ4v) is 3.26. The third-order valence-corrected chi connectivity index (χ3v) is 3.66. The number of hydrogen-bond donors (Lipinski definition) is 1. The minimum atomic E-state index is -0.159. The van der Waals surface area contributed by atoms with Crippen molar-refractivity contribution in [2.75, 3.05) is 0 Å². The Hall–Kier alpha value is -0.650. The Morgan fingerprint density at radius 1 is 1.28 bits per heavy atom. The molecule has 1 aromatic carbocycles. The van der Waals surface area contributed by atoms with Crippen LogP contribution in [-0.2, 0) is 6.54 Å². The summed E-state index contributed by atoms with van der Waals surface area (Å²) in [6.07, 6.45) is 2.85. The van der Waals surface area contributed by atoms with Crippen LogP contribution in [0.4, 0.5) is 0 Å². The van der Waals surface area contributed by atoms with E-state index in [0.29, 0.717) is 0 Å². The Bertz CT molecular complexity index is 517. The standard InChI is InChI=1S/C13H15Br2N3/c1-2-5-18-12(3-4-17-18)13(16)9-6-10(14)8-11(15)7-9/h3-4,6-8,13H,2,5,16H2,1H3. The van der Waals surface area contributed by atoms with Crippen molar-refractivity contribution in [3.63, 3.8) is 0 Å². The molecule has 0 radical (unpaired) electrons. The first-order valence-corrected chi connectivity index (χ1v) is 7.43. The van der Waals surface area contributed by atoms with Gasteiger partial charge in [0, 0.05) is 21.7 Å². The highest BCUT2D eigenvalue weighted by atomic mass is 79.9. The number of hydrogen-bond acceptors (Lipinski definition) is 2. The summed E-state index contributed by atoms with van der Waals surface area (Å²) in [5, 5.41) is 4.31. The van der Waals surface area contributed by atoms with E-state index < -0.39 is 0 Å². The first-order chi connectivity index (χ1) is 8.61. The van der Waals surface area contributed by atoms with E-state index in [1.807, 2.05) is 28.9 Å². The summed E-state index contributed by atoms with van der Waals surface area (Å²) in [4.78, 5) is 0. The molecule has 0 aliphatic carbocycles. The second-order valence-corrected chi connectivity index (χ2v) is 5.99. The van der Waals surface area contributed by atoms with Crippen LogP contribution >= 0.6 is 31.9 Å². The molecule has 1 heterocycles. The van der Waals surface area contributed by atoms with E-state index in [4.69, 9.17) is 5.73 Å². The van der Waals surface area contributed by atoms with E-state index in [1.54, 1.807) is 6.20 Å². The largest absolute Gasteiger partial charge is 0.319 e. The van der Waals surface area contributed by atoms with Crippen LogP contribution in [0.5, 0.6) is 0 Å². The lowest BCUT2D eigenvalue weighted by Gasteiger charge is -2.15. The molecule has 18 heavy (non-hydrogen) atoms. The zero-order valence-electron chi connectivity index (χ0n) is 10.1. The second-order valence-electron chi connectivity index (χ2n) is 4.16. The summed E-state index contributed by atoms with van der Waals surface area (Å²) in [5.74, 6) is 0. The summed E-state index contributed by atoms with van der Waals surface area (Å²) in [5.41, 5.74) is 8.43. The lowest BCUT2D eigenvalue weighted by Crippen LogP contribution is -2.17. The van der Waals surface area contributed by atoms with Crippen molar-refractivity contribution in [3.05, 3.63) is 50.7 Å². The van der Waals surface area contributed by atoms with Gasteiger partial charge in [0.25, 0.3) is 0 Å². The molecule has 2 aromatic rings. The van der Waals surface area contributed by atoms with Gasteiger partial charge in [-0.1, -0.05) is 38.8 Å². The van der Waals surface area contributed by atoms with Crippen molar-refractivity contribution in [3.8, 4) is 0 Å². The highest BCUT2D eigenvalue weighted by Gasteiger charge is 2.14. The average Bonchev–Trinajstić information content (AvgIpc) is 2.75. The van der Waals surface area contributed by atoms with Crippen molar-refractivity contribution in [2.24, 2.45) is 5.73 Å². The molecule has 1 unspecified atom stereocenters. The molecule has 0 fully saturated rings. The Balaban J connectivity index is 2.34. The quantitative estimate of drug-likeness (QED) is 0.885. The maximum absolute atomic E-state index is 6.33. The topological polar surface area (TPSA) is 43.8 Å². The molecule has 0 spiro atoms. The van der Waals surface area contributed by atoms with Crippen LogP contribution in [0.1, 0.15) is 30.6 Å². The van der Waals surface area contributed by atoms with Gasteiger partial charge in [0.15, 0.2) is 0 Å². The van der Waals surface area contributed by atoms with Crippen LogP contribution in [-0.4, -0.2) is 9.78 Å². The monoisotopic (exact) mass is 371 g/mol. The molecule has 0 saturated heterocycles. The molecule has 1 aromatic heterocycles. The number of aromatic nitrogens is 2. The first-order valence-electron chi connectivity index (χ1n) is 5.85. The summed E-state index contributed by atoms with van der Waals surface area (Å²) in [7, 11) is 0. The highest BCUT2D eigenvalue weighted by Crippen LogP contribution is 2.26. The molecule has 0 aliphatic rings. The molecule has 0 aliphatic heterocycles. The smallest absolute Gasteiger partial charge is 0.0724 e. The molecule has 1 atom stereocenters. The number of nitrogens with zero attached hydrogens (tertiary/aromatic N) is 2. The highest BCUT2D eigenvalue weighted by molar-refractivity contribution is 9.11. The van der Waals surface area contributed by atoms with Crippen LogP contribution in [0, 0.1) is 0 Å². The van der Waals surface area contributed by atoms with Crippen LogP contribution in [0.25, 0.3) is 0 Å². The molecule has 0 bridgehead atoms. The van der Waals surface area contributed by atoms with Gasteiger partial charge in [0.05, 0.1) is 11.7 Å². The zero-order chi connectivity index (χ0) is 13.1. The predicted molar refractivity (Wildman–Crippen MR) is 80.4 cm³/mol. The molecule has 2 N–H and O–H groups in total. The van der Waals surface area contributed by atoms with Crippen molar-refractivity contribution < 1.29 is 0 Å². The predicted octanol–water partition coefficient (Wildman–Crippen LogP) is 3.87. The first kappa shape index (κ1) is 13.8. The number of nitrogens with two attached hydrogens (primary N) is 1. The zero-order valence-corrected chi connectivity index (χ0v) is 13.3. The fraction of sp³-hybridized carbons (Fsp3) is 0.308. The maximum atomic E-state index is 6.33. The van der Waals surface area contributed by atoms with Crippen LogP contribution < -0.4 is 5.73 Å². The Morgan fingerprint density at radius 2 is 1.94 bits per heavy atom. The van der Waals surface area contributed by atoms with Gasteiger partial charge >= 0.3 is 0 Å². The van der Waals surface area contributed by atoms with E-state index in [0.717, 1.165) is 33.2 Å². The number of benzene rings is 1. The van der Waals surface area contributed by atoms with E-state index in [1.165, 1.54) is 0 Å². The Kier molecular flexibility index (Phi) is 4.59. The molecule has 2 rings (SSSR count). The Labute approximate surface area is 124 Å². The summed E-state index contributed by atoms with van der Waals surface area (Å²) < 4.78 is 4.01. The number of aryl methyl sites for hydroxylation is 1. The van der Waals surface area contributed by atoms with E-state index in [-0.39, 0.29) is 6.04 Å². The lowest BCUT2D eigenvalue weighted by atomic mass is 10.0. The van der Waals surface area contributed by atoms with Crippen LogP contribution in [0.15, 0.2) is 39.4 Å². The molecule has 0 amide bonds. The van der Waals surface area contributed by atoms with E-state index in [2.05, 4.69) is 43.9 Å². The number of rotatable bonds is 4. The molecule has 5 heteroatoms. The maximum Gasteiger partial charge on any atom is 0.0724 e. The average molecular weight is 373 g/mol. The minimum absolute atomic E-state index is 0.159. The normalized spacial score (nSPS) is 12.7. The molecular weight excluding hydrogens is 358 g/mol. The van der Waals surface area contributed by atoms with Gasteiger partial charge in [-0.15, -0.1) is 0 Å². The van der Waals surface area contributed by atoms with E-state index >= 15 is 0 Å². The summed E-state index contributed by atoms with van der Waals surface area (Å²) in [6, 6.07) is 7.90. The fourth-order valence-electron chi connectivity index (χ4n) is 1.93. The van der Waals surface area contributed by atoms with Gasteiger partial charge in [0.2, 0.25) is 0 Å². The van der Waals surface area contributed by atoms with Gasteiger partial charge in [0.1, 0.15) is 0 Å². The SMILES string of the molecule is CCCn1nccc1C(N)c1cc(Br)cc(Br)c1. The van der Waals surface area contributed by atoms with Crippen molar-refractivity contribution in [1.29, 1.82) is 0 Å².